The largest absolute Gasteiger partial charge is 0.489 e. The molecule has 0 aliphatic heterocycles. The van der Waals surface area contributed by atoms with Gasteiger partial charge in [-0.2, -0.15) is 0 Å². The van der Waals surface area contributed by atoms with Crippen LogP contribution in [-0.4, -0.2) is 40.3 Å². The summed E-state index contributed by atoms with van der Waals surface area (Å²) in [5.74, 6) is 0.646. The Morgan fingerprint density at radius 1 is 1.13 bits per heavy atom. The minimum Gasteiger partial charge on any atom is -0.489 e. The molecule has 0 N–H and O–H groups in total. The highest BCUT2D eigenvalue weighted by Gasteiger charge is 2.11. The van der Waals surface area contributed by atoms with Crippen LogP contribution in [0.15, 0.2) is 48.9 Å². The van der Waals surface area contributed by atoms with Gasteiger partial charge in [0.2, 0.25) is 0 Å². The van der Waals surface area contributed by atoms with Gasteiger partial charge in [0.25, 0.3) is 0 Å². The zero-order chi connectivity index (χ0) is 16.1. The topological polar surface area (TPSA) is 62.1 Å². The molecule has 2 aromatic heterocycles. The highest BCUT2D eigenvalue weighted by atomic mass is 35.5. The van der Waals surface area contributed by atoms with Crippen molar-refractivity contribution in [3.05, 3.63) is 53.9 Å². The number of pyridine rings is 1. The maximum absolute atomic E-state index is 5.90. The summed E-state index contributed by atoms with van der Waals surface area (Å²) in [6.45, 7) is 0.951. The van der Waals surface area contributed by atoms with E-state index in [-0.39, 0.29) is 0 Å². The van der Waals surface area contributed by atoms with Gasteiger partial charge < -0.3 is 9.47 Å². The normalized spacial score (nSPS) is 10.7. The molecule has 3 rings (SSSR count). The standard InChI is InChI=1S/C16H15ClN4O2/c1-22-8-9-23-16-10-18-7-6-14(16)15-11-21(20-19-15)13-4-2-12(17)3-5-13/h2-7,10-11H,8-9H2,1H3. The summed E-state index contributed by atoms with van der Waals surface area (Å²) >= 11 is 5.90. The number of aromatic nitrogens is 4. The molecule has 6 nitrogen and oxygen atoms in total. The van der Waals surface area contributed by atoms with E-state index < -0.39 is 0 Å². The average molecular weight is 331 g/mol. The van der Waals surface area contributed by atoms with Crippen molar-refractivity contribution in [1.82, 2.24) is 20.0 Å². The minimum atomic E-state index is 0.445. The van der Waals surface area contributed by atoms with E-state index in [1.165, 1.54) is 0 Å². The Morgan fingerprint density at radius 3 is 2.74 bits per heavy atom. The second kappa shape index (κ2) is 7.21. The van der Waals surface area contributed by atoms with Gasteiger partial charge in [-0.05, 0) is 30.3 Å². The van der Waals surface area contributed by atoms with Gasteiger partial charge in [-0.25, -0.2) is 4.68 Å². The number of rotatable bonds is 6. The Balaban J connectivity index is 1.87. The van der Waals surface area contributed by atoms with Crippen LogP contribution in [0.3, 0.4) is 0 Å². The zero-order valence-electron chi connectivity index (χ0n) is 12.5. The lowest BCUT2D eigenvalue weighted by Gasteiger charge is -2.08. The third kappa shape index (κ3) is 3.67. The Bertz CT molecular complexity index is 774. The number of hydrogen-bond acceptors (Lipinski definition) is 5. The Hall–Kier alpha value is -2.44. The van der Waals surface area contributed by atoms with Crippen molar-refractivity contribution < 1.29 is 9.47 Å². The first kappa shape index (κ1) is 15.5. The lowest BCUT2D eigenvalue weighted by molar-refractivity contribution is 0.146. The molecule has 7 heteroatoms. The molecule has 0 amide bonds. The Morgan fingerprint density at radius 2 is 1.96 bits per heavy atom. The molecule has 0 aliphatic carbocycles. The second-order valence-electron chi connectivity index (χ2n) is 4.74. The smallest absolute Gasteiger partial charge is 0.147 e. The molecule has 23 heavy (non-hydrogen) atoms. The fraction of sp³-hybridized carbons (Fsp3) is 0.188. The minimum absolute atomic E-state index is 0.445. The molecule has 118 valence electrons. The molecule has 0 atom stereocenters. The highest BCUT2D eigenvalue weighted by Crippen LogP contribution is 2.27. The van der Waals surface area contributed by atoms with Gasteiger partial charge in [-0.3, -0.25) is 4.98 Å². The summed E-state index contributed by atoms with van der Waals surface area (Å²) < 4.78 is 12.4. The van der Waals surface area contributed by atoms with E-state index in [1.54, 1.807) is 24.2 Å². The molecule has 0 radical (unpaired) electrons. The van der Waals surface area contributed by atoms with Crippen molar-refractivity contribution in [3.8, 4) is 22.7 Å². The van der Waals surface area contributed by atoms with E-state index in [0.717, 1.165) is 11.3 Å². The summed E-state index contributed by atoms with van der Waals surface area (Å²) in [5.41, 5.74) is 2.41. The molecule has 0 fully saturated rings. The van der Waals surface area contributed by atoms with E-state index in [9.17, 15) is 0 Å². The van der Waals surface area contributed by atoms with Crippen LogP contribution >= 0.6 is 11.6 Å². The predicted molar refractivity (Wildman–Crippen MR) is 87.0 cm³/mol. The summed E-state index contributed by atoms with van der Waals surface area (Å²) in [4.78, 5) is 4.09. The fourth-order valence-corrected chi connectivity index (χ4v) is 2.17. The summed E-state index contributed by atoms with van der Waals surface area (Å²) in [5, 5.41) is 9.05. The van der Waals surface area contributed by atoms with Gasteiger partial charge >= 0.3 is 0 Å². The molecule has 3 aromatic rings. The van der Waals surface area contributed by atoms with Crippen molar-refractivity contribution in [2.45, 2.75) is 0 Å². The molecule has 0 unspecified atom stereocenters. The Kier molecular flexibility index (Phi) is 4.85. The molecule has 0 saturated heterocycles. The number of ether oxygens (including phenoxy) is 2. The molecule has 0 bridgehead atoms. The summed E-state index contributed by atoms with van der Waals surface area (Å²) in [6, 6.07) is 9.22. The molecular formula is C16H15ClN4O2. The van der Waals surface area contributed by atoms with Gasteiger partial charge in [-0.15, -0.1) is 5.10 Å². The first-order valence-electron chi connectivity index (χ1n) is 7.02. The van der Waals surface area contributed by atoms with Crippen molar-refractivity contribution in [2.24, 2.45) is 0 Å². The molecule has 1 aromatic carbocycles. The van der Waals surface area contributed by atoms with Gasteiger partial charge in [0, 0.05) is 23.9 Å². The molecular weight excluding hydrogens is 316 g/mol. The number of hydrogen-bond donors (Lipinski definition) is 0. The molecule has 2 heterocycles. The van der Waals surface area contributed by atoms with Gasteiger partial charge in [-0.1, -0.05) is 16.8 Å². The van der Waals surface area contributed by atoms with E-state index in [2.05, 4.69) is 15.3 Å². The van der Waals surface area contributed by atoms with Crippen LogP contribution in [0.25, 0.3) is 16.9 Å². The summed E-state index contributed by atoms with van der Waals surface area (Å²) in [6.07, 6.45) is 5.19. The number of benzene rings is 1. The maximum atomic E-state index is 5.90. The van der Waals surface area contributed by atoms with Crippen molar-refractivity contribution >= 4 is 11.6 Å². The van der Waals surface area contributed by atoms with Crippen LogP contribution in [0.1, 0.15) is 0 Å². The number of methoxy groups -OCH3 is 1. The van der Waals surface area contributed by atoms with Gasteiger partial charge in [0.15, 0.2) is 0 Å². The van der Waals surface area contributed by atoms with Crippen molar-refractivity contribution in [3.63, 3.8) is 0 Å². The molecule has 0 saturated carbocycles. The average Bonchev–Trinajstić information content (AvgIpc) is 3.06. The van der Waals surface area contributed by atoms with Crippen LogP contribution in [0.2, 0.25) is 5.02 Å². The maximum Gasteiger partial charge on any atom is 0.147 e. The van der Waals surface area contributed by atoms with Crippen LogP contribution < -0.4 is 4.74 Å². The third-order valence-corrected chi connectivity index (χ3v) is 3.44. The number of halogens is 1. The number of nitrogens with zero attached hydrogens (tertiary/aromatic N) is 4. The first-order valence-corrected chi connectivity index (χ1v) is 7.40. The zero-order valence-corrected chi connectivity index (χ0v) is 13.3. The molecule has 0 spiro atoms. The second-order valence-corrected chi connectivity index (χ2v) is 5.17. The van der Waals surface area contributed by atoms with Crippen LogP contribution in [0.4, 0.5) is 0 Å². The summed E-state index contributed by atoms with van der Waals surface area (Å²) in [7, 11) is 1.63. The predicted octanol–water partition coefficient (Wildman–Crippen LogP) is 3.01. The van der Waals surface area contributed by atoms with E-state index >= 15 is 0 Å². The van der Waals surface area contributed by atoms with Gasteiger partial charge in [0.1, 0.15) is 18.1 Å². The highest BCUT2D eigenvalue weighted by molar-refractivity contribution is 6.30. The van der Waals surface area contributed by atoms with E-state index in [0.29, 0.717) is 29.7 Å². The first-order chi connectivity index (χ1) is 11.3. The SMILES string of the molecule is COCCOc1cnccc1-c1cn(-c2ccc(Cl)cc2)nn1. The quantitative estimate of drug-likeness (QED) is 0.650. The lowest BCUT2D eigenvalue weighted by Crippen LogP contribution is -2.05. The van der Waals surface area contributed by atoms with E-state index in [1.807, 2.05) is 36.5 Å². The lowest BCUT2D eigenvalue weighted by atomic mass is 10.2. The monoisotopic (exact) mass is 330 g/mol. The van der Waals surface area contributed by atoms with Crippen LogP contribution in [0, 0.1) is 0 Å². The third-order valence-electron chi connectivity index (χ3n) is 3.19. The fourth-order valence-electron chi connectivity index (χ4n) is 2.05. The van der Waals surface area contributed by atoms with Gasteiger partial charge in [0.05, 0.1) is 24.7 Å². The van der Waals surface area contributed by atoms with Crippen molar-refractivity contribution in [1.29, 1.82) is 0 Å². The van der Waals surface area contributed by atoms with Crippen molar-refractivity contribution in [2.75, 3.05) is 20.3 Å². The Labute approximate surface area is 138 Å². The molecule has 0 aliphatic rings. The van der Waals surface area contributed by atoms with Crippen LogP contribution in [0.5, 0.6) is 5.75 Å². The van der Waals surface area contributed by atoms with Crippen LogP contribution in [-0.2, 0) is 4.74 Å². The van der Waals surface area contributed by atoms with E-state index in [4.69, 9.17) is 21.1 Å².